The summed E-state index contributed by atoms with van der Waals surface area (Å²) in [6, 6.07) is 10.0. The third-order valence-corrected chi connectivity index (χ3v) is 5.17. The lowest BCUT2D eigenvalue weighted by molar-refractivity contribution is -0.110. The van der Waals surface area contributed by atoms with Gasteiger partial charge in [-0.2, -0.15) is 0 Å². The molecule has 2 aromatic carbocycles. The Hall–Kier alpha value is -1.39. The van der Waals surface area contributed by atoms with Crippen LogP contribution in [0.1, 0.15) is 22.3 Å². The van der Waals surface area contributed by atoms with Gasteiger partial charge in [-0.3, -0.25) is 4.79 Å². The molecule has 0 fully saturated rings. The molecule has 2 aromatic rings. The van der Waals surface area contributed by atoms with Crippen molar-refractivity contribution in [1.82, 2.24) is 0 Å². The molecule has 1 aliphatic rings. The van der Waals surface area contributed by atoms with Crippen molar-refractivity contribution in [2.75, 3.05) is 5.32 Å². The number of hydrogen-bond donors (Lipinski definition) is 1. The van der Waals surface area contributed by atoms with Crippen LogP contribution in [0.25, 0.3) is 11.6 Å². The molecule has 0 radical (unpaired) electrons. The number of nitrogens with one attached hydrogen (secondary N) is 1. The van der Waals surface area contributed by atoms with Crippen LogP contribution in [0.5, 0.6) is 0 Å². The fourth-order valence-corrected chi connectivity index (χ4v) is 3.77. The van der Waals surface area contributed by atoms with Crippen LogP contribution in [0.4, 0.5) is 5.69 Å². The highest BCUT2D eigenvalue weighted by Crippen LogP contribution is 2.43. The van der Waals surface area contributed by atoms with E-state index in [4.69, 9.17) is 0 Å². The maximum absolute atomic E-state index is 12.3. The highest BCUT2D eigenvalue weighted by atomic mass is 79.9. The molecule has 4 heteroatoms. The van der Waals surface area contributed by atoms with Gasteiger partial charge < -0.3 is 5.32 Å². The average molecular weight is 407 g/mol. The molecule has 0 saturated carbocycles. The van der Waals surface area contributed by atoms with Gasteiger partial charge in [0.05, 0.1) is 5.69 Å². The summed E-state index contributed by atoms with van der Waals surface area (Å²) in [6.45, 7) is 4.06. The van der Waals surface area contributed by atoms with E-state index in [0.29, 0.717) is 5.57 Å². The molecule has 0 aromatic heterocycles. The Morgan fingerprint density at radius 3 is 2.52 bits per heavy atom. The summed E-state index contributed by atoms with van der Waals surface area (Å²) in [5.41, 5.74) is 5.79. The molecule has 21 heavy (non-hydrogen) atoms. The topological polar surface area (TPSA) is 29.1 Å². The van der Waals surface area contributed by atoms with Crippen LogP contribution in [0.3, 0.4) is 0 Å². The molecule has 1 amide bonds. The Morgan fingerprint density at radius 1 is 1.10 bits per heavy atom. The number of rotatable bonds is 1. The van der Waals surface area contributed by atoms with Crippen LogP contribution >= 0.6 is 31.9 Å². The quantitative estimate of drug-likeness (QED) is 0.638. The van der Waals surface area contributed by atoms with E-state index in [1.165, 1.54) is 0 Å². The molecule has 3 rings (SSSR count). The minimum Gasteiger partial charge on any atom is -0.320 e. The lowest BCUT2D eigenvalue weighted by Crippen LogP contribution is -2.04. The number of hydrogen-bond acceptors (Lipinski definition) is 1. The number of fused-ring (bicyclic) bond motifs is 1. The van der Waals surface area contributed by atoms with Crippen LogP contribution in [0.2, 0.25) is 0 Å². The van der Waals surface area contributed by atoms with Crippen molar-refractivity contribution in [1.29, 1.82) is 0 Å². The molecule has 1 N–H and O–H groups in total. The molecule has 0 aliphatic carbocycles. The number of carbonyl (C=O) groups is 1. The van der Waals surface area contributed by atoms with E-state index in [1.807, 2.05) is 50.3 Å². The zero-order chi connectivity index (χ0) is 15.1. The summed E-state index contributed by atoms with van der Waals surface area (Å²) in [5.74, 6) is -0.0600. The highest BCUT2D eigenvalue weighted by Gasteiger charge is 2.29. The molecular formula is C17H13Br2NO. The van der Waals surface area contributed by atoms with E-state index in [9.17, 15) is 4.79 Å². The highest BCUT2D eigenvalue weighted by molar-refractivity contribution is 9.11. The van der Waals surface area contributed by atoms with Crippen molar-refractivity contribution in [2.45, 2.75) is 13.8 Å². The van der Waals surface area contributed by atoms with Crippen molar-refractivity contribution >= 4 is 55.1 Å². The van der Waals surface area contributed by atoms with Gasteiger partial charge >= 0.3 is 0 Å². The first-order chi connectivity index (χ1) is 9.99. The van der Waals surface area contributed by atoms with Crippen molar-refractivity contribution in [2.24, 2.45) is 0 Å². The number of anilines is 1. The van der Waals surface area contributed by atoms with E-state index in [2.05, 4.69) is 37.2 Å². The monoisotopic (exact) mass is 405 g/mol. The van der Waals surface area contributed by atoms with E-state index in [0.717, 1.165) is 36.9 Å². The van der Waals surface area contributed by atoms with Gasteiger partial charge in [-0.05, 0) is 58.6 Å². The third kappa shape index (κ3) is 2.47. The number of aryl methyl sites for hydroxylation is 1. The zero-order valence-electron chi connectivity index (χ0n) is 11.6. The second-order valence-corrected chi connectivity index (χ2v) is 6.79. The lowest BCUT2D eigenvalue weighted by Gasteiger charge is -2.08. The summed E-state index contributed by atoms with van der Waals surface area (Å²) >= 11 is 7.07. The molecule has 0 atom stereocenters. The second-order valence-electron chi connectivity index (χ2n) is 5.08. The molecule has 0 unspecified atom stereocenters. The Morgan fingerprint density at radius 2 is 1.81 bits per heavy atom. The molecule has 1 heterocycles. The first kappa shape index (κ1) is 14.5. The van der Waals surface area contributed by atoms with Gasteiger partial charge in [0.1, 0.15) is 0 Å². The SMILES string of the molecule is Cc1ccccc1C=C1C(=O)Nc2c(Br)cc(Br)c(C)c21. The van der Waals surface area contributed by atoms with Crippen LogP contribution in [0.15, 0.2) is 39.3 Å². The van der Waals surface area contributed by atoms with Crippen molar-refractivity contribution in [3.63, 3.8) is 0 Å². The van der Waals surface area contributed by atoms with Crippen LogP contribution in [-0.2, 0) is 4.79 Å². The summed E-state index contributed by atoms with van der Waals surface area (Å²) in [7, 11) is 0. The van der Waals surface area contributed by atoms with Crippen LogP contribution < -0.4 is 5.32 Å². The Kier molecular flexibility index (Phi) is 3.76. The van der Waals surface area contributed by atoms with E-state index in [-0.39, 0.29) is 5.91 Å². The van der Waals surface area contributed by atoms with Gasteiger partial charge in [-0.1, -0.05) is 40.2 Å². The van der Waals surface area contributed by atoms with Gasteiger partial charge in [-0.25, -0.2) is 0 Å². The van der Waals surface area contributed by atoms with Gasteiger partial charge in [0, 0.05) is 20.1 Å². The third-order valence-electron chi connectivity index (χ3n) is 3.72. The van der Waals surface area contributed by atoms with Crippen LogP contribution in [0, 0.1) is 13.8 Å². The summed E-state index contributed by atoms with van der Waals surface area (Å²) in [5, 5.41) is 2.95. The number of amides is 1. The van der Waals surface area contributed by atoms with Gasteiger partial charge in [0.15, 0.2) is 0 Å². The second kappa shape index (κ2) is 5.43. The van der Waals surface area contributed by atoms with Crippen molar-refractivity contribution < 1.29 is 4.79 Å². The largest absolute Gasteiger partial charge is 0.320 e. The smallest absolute Gasteiger partial charge is 0.256 e. The molecule has 0 saturated heterocycles. The Balaban J connectivity index is 2.24. The molecule has 0 bridgehead atoms. The molecule has 2 nitrogen and oxygen atoms in total. The zero-order valence-corrected chi connectivity index (χ0v) is 14.8. The van der Waals surface area contributed by atoms with Crippen LogP contribution in [-0.4, -0.2) is 5.91 Å². The summed E-state index contributed by atoms with van der Waals surface area (Å²) in [6.07, 6.45) is 1.96. The van der Waals surface area contributed by atoms with Crippen molar-refractivity contribution in [3.8, 4) is 0 Å². The molecule has 1 aliphatic heterocycles. The first-order valence-corrected chi connectivity index (χ1v) is 8.15. The number of benzene rings is 2. The van der Waals surface area contributed by atoms with Crippen molar-refractivity contribution in [3.05, 3.63) is 61.5 Å². The van der Waals surface area contributed by atoms with Gasteiger partial charge in [-0.15, -0.1) is 0 Å². The van der Waals surface area contributed by atoms with E-state index in [1.54, 1.807) is 0 Å². The predicted molar refractivity (Wildman–Crippen MR) is 94.3 cm³/mol. The molecule has 106 valence electrons. The van der Waals surface area contributed by atoms with Gasteiger partial charge in [0.2, 0.25) is 0 Å². The maximum atomic E-state index is 12.3. The lowest BCUT2D eigenvalue weighted by atomic mass is 9.98. The first-order valence-electron chi connectivity index (χ1n) is 6.56. The predicted octanol–water partition coefficient (Wildman–Crippen LogP) is 5.32. The maximum Gasteiger partial charge on any atom is 0.256 e. The minimum absolute atomic E-state index is 0.0600. The fourth-order valence-electron chi connectivity index (χ4n) is 2.51. The minimum atomic E-state index is -0.0600. The number of carbonyl (C=O) groups excluding carboxylic acids is 1. The summed E-state index contributed by atoms with van der Waals surface area (Å²) in [4.78, 5) is 12.3. The van der Waals surface area contributed by atoms with E-state index < -0.39 is 0 Å². The molecular weight excluding hydrogens is 394 g/mol. The Labute approximate surface area is 140 Å². The van der Waals surface area contributed by atoms with Gasteiger partial charge in [0.25, 0.3) is 5.91 Å². The Bertz CT molecular complexity index is 794. The fraction of sp³-hybridized carbons (Fsp3) is 0.118. The normalized spacial score (nSPS) is 15.2. The summed E-state index contributed by atoms with van der Waals surface area (Å²) < 4.78 is 1.87. The van der Waals surface area contributed by atoms with E-state index >= 15 is 0 Å². The molecule has 0 spiro atoms. The average Bonchev–Trinajstić information content (AvgIpc) is 2.77. The number of halogens is 2. The standard InChI is InChI=1S/C17H13Br2NO/c1-9-5-3-4-6-11(9)7-12-15-10(2)13(18)8-14(19)16(15)20-17(12)21/h3-8H,1-2H3,(H,20,21).